The molecule has 1 atom stereocenters. The number of para-hydroxylation sites is 2. The van der Waals surface area contributed by atoms with Crippen molar-refractivity contribution in [3.63, 3.8) is 0 Å². The Morgan fingerprint density at radius 1 is 0.455 bits per heavy atom. The van der Waals surface area contributed by atoms with E-state index in [1.54, 1.807) is 0 Å². The third kappa shape index (κ3) is 5.22. The van der Waals surface area contributed by atoms with Crippen LogP contribution in [0.3, 0.4) is 0 Å². The summed E-state index contributed by atoms with van der Waals surface area (Å²) in [5.74, 6) is 0.879. The van der Waals surface area contributed by atoms with Gasteiger partial charge in [-0.25, -0.2) is 0 Å². The zero-order chi connectivity index (χ0) is 36.3. The Kier molecular flexibility index (Phi) is 7.20. The highest BCUT2D eigenvalue weighted by atomic mass is 16.5. The van der Waals surface area contributed by atoms with Crippen LogP contribution in [0.2, 0.25) is 0 Å². The summed E-state index contributed by atoms with van der Waals surface area (Å²) >= 11 is 0. The second kappa shape index (κ2) is 12.7. The van der Waals surface area contributed by atoms with Gasteiger partial charge in [0.2, 0.25) is 0 Å². The lowest BCUT2D eigenvalue weighted by molar-refractivity contribution is 0.263. The lowest BCUT2D eigenvalue weighted by Crippen LogP contribution is -2.11. The van der Waals surface area contributed by atoms with Crippen molar-refractivity contribution < 1.29 is 9.15 Å². The summed E-state index contributed by atoms with van der Waals surface area (Å²) < 4.78 is 13.1. The van der Waals surface area contributed by atoms with Crippen LogP contribution in [0, 0.1) is 0 Å². The average molecular weight is 707 g/mol. The summed E-state index contributed by atoms with van der Waals surface area (Å²) in [6.07, 6.45) is -0.259. The first-order valence-corrected chi connectivity index (χ1v) is 18.7. The first-order valence-electron chi connectivity index (χ1n) is 18.7. The van der Waals surface area contributed by atoms with Gasteiger partial charge in [-0.1, -0.05) is 146 Å². The number of nitrogens with one attached hydrogen (secondary N) is 1. The molecule has 0 fully saturated rings. The topological polar surface area (TPSA) is 37.6 Å². The second-order valence-electron chi connectivity index (χ2n) is 14.1. The zero-order valence-corrected chi connectivity index (χ0v) is 29.8. The SMILES string of the molecule is c1ccc(-c2ccccc2-c2ccccc2N(c2ccc3oc4ccccc4c3c2)c2ccc3ccc4ccc5c(c4c3c2)OC(c2ccccc2)N5)cc1. The second-order valence-corrected chi connectivity index (χ2v) is 14.1. The van der Waals surface area contributed by atoms with E-state index in [4.69, 9.17) is 9.15 Å². The quantitative estimate of drug-likeness (QED) is 0.175. The van der Waals surface area contributed by atoms with E-state index in [0.29, 0.717) is 0 Å². The van der Waals surface area contributed by atoms with Crippen LogP contribution in [0.4, 0.5) is 22.7 Å². The molecular weight excluding hydrogens is 673 g/mol. The molecule has 1 N–H and O–H groups in total. The summed E-state index contributed by atoms with van der Waals surface area (Å²) in [6, 6.07) is 68.8. The Balaban J connectivity index is 1.15. The predicted molar refractivity (Wildman–Crippen MR) is 228 cm³/mol. The van der Waals surface area contributed by atoms with Crippen LogP contribution >= 0.6 is 0 Å². The molecular formula is C51H34N2O2. The molecule has 0 saturated heterocycles. The van der Waals surface area contributed by atoms with Crippen molar-refractivity contribution in [1.82, 2.24) is 0 Å². The van der Waals surface area contributed by atoms with Crippen LogP contribution in [-0.2, 0) is 0 Å². The summed E-state index contributed by atoms with van der Waals surface area (Å²) in [6.45, 7) is 0. The van der Waals surface area contributed by atoms with Gasteiger partial charge in [0.1, 0.15) is 11.2 Å². The molecule has 9 aromatic carbocycles. The largest absolute Gasteiger partial charge is 0.464 e. The van der Waals surface area contributed by atoms with E-state index >= 15 is 0 Å². The highest BCUT2D eigenvalue weighted by molar-refractivity contribution is 6.14. The van der Waals surface area contributed by atoms with Gasteiger partial charge >= 0.3 is 0 Å². The summed E-state index contributed by atoms with van der Waals surface area (Å²) in [5, 5.41) is 10.3. The van der Waals surface area contributed by atoms with E-state index in [2.05, 4.69) is 186 Å². The molecule has 10 aromatic rings. The van der Waals surface area contributed by atoms with Gasteiger partial charge in [-0.3, -0.25) is 0 Å². The summed E-state index contributed by atoms with van der Waals surface area (Å²) in [7, 11) is 0. The van der Waals surface area contributed by atoms with Crippen LogP contribution in [0.15, 0.2) is 199 Å². The lowest BCUT2D eigenvalue weighted by Gasteiger charge is -2.29. The first kappa shape index (κ1) is 31.2. The highest BCUT2D eigenvalue weighted by Gasteiger charge is 2.27. The van der Waals surface area contributed by atoms with E-state index < -0.39 is 0 Å². The monoisotopic (exact) mass is 706 g/mol. The molecule has 1 unspecified atom stereocenters. The molecule has 1 aliphatic rings. The van der Waals surface area contributed by atoms with Crippen LogP contribution in [-0.4, -0.2) is 0 Å². The number of hydrogen-bond acceptors (Lipinski definition) is 4. The van der Waals surface area contributed by atoms with E-state index in [-0.39, 0.29) is 6.23 Å². The maximum Gasteiger partial charge on any atom is 0.196 e. The zero-order valence-electron chi connectivity index (χ0n) is 29.8. The van der Waals surface area contributed by atoms with Crippen molar-refractivity contribution in [2.24, 2.45) is 0 Å². The molecule has 11 rings (SSSR count). The van der Waals surface area contributed by atoms with Crippen molar-refractivity contribution in [1.29, 1.82) is 0 Å². The predicted octanol–water partition coefficient (Wildman–Crippen LogP) is 14.2. The van der Waals surface area contributed by atoms with Gasteiger partial charge < -0.3 is 19.4 Å². The van der Waals surface area contributed by atoms with Gasteiger partial charge in [0.25, 0.3) is 0 Å². The van der Waals surface area contributed by atoms with Crippen molar-refractivity contribution in [3.8, 4) is 28.0 Å². The fourth-order valence-corrected chi connectivity index (χ4v) is 8.31. The number of anilines is 4. The Bertz CT molecular complexity index is 3060. The fraction of sp³-hybridized carbons (Fsp3) is 0.0196. The van der Waals surface area contributed by atoms with Crippen LogP contribution in [0.5, 0.6) is 5.75 Å². The Morgan fingerprint density at radius 2 is 1.07 bits per heavy atom. The van der Waals surface area contributed by atoms with Gasteiger partial charge in [0.15, 0.2) is 12.0 Å². The van der Waals surface area contributed by atoms with Crippen molar-refractivity contribution in [2.45, 2.75) is 6.23 Å². The standard InChI is InChI=1S/C51H34N2O2/c1-3-13-33(14-4-1)39-17-7-8-18-40(39)41-19-9-11-21-46(41)53(38-28-30-48-44(32-38)42-20-10-12-22-47(42)54-48)37-27-25-34-23-24-35-26-29-45-50(49(35)43(34)31-37)55-51(52-45)36-15-5-2-6-16-36/h1-32,51-52H. The van der Waals surface area contributed by atoms with Crippen molar-refractivity contribution in [2.75, 3.05) is 10.2 Å². The minimum Gasteiger partial charge on any atom is -0.464 e. The summed E-state index contributed by atoms with van der Waals surface area (Å²) in [5.41, 5.74) is 11.7. The molecule has 4 heteroatoms. The number of benzene rings is 9. The average Bonchev–Trinajstić information content (AvgIpc) is 3.86. The first-order chi connectivity index (χ1) is 27.3. The molecule has 2 heterocycles. The minimum atomic E-state index is -0.259. The van der Waals surface area contributed by atoms with E-state index in [1.807, 2.05) is 18.2 Å². The normalized spacial score (nSPS) is 13.6. The Morgan fingerprint density at radius 3 is 1.93 bits per heavy atom. The molecule has 0 bridgehead atoms. The number of hydrogen-bond donors (Lipinski definition) is 1. The molecule has 260 valence electrons. The Hall–Kier alpha value is -7.30. The van der Waals surface area contributed by atoms with E-state index in [1.165, 1.54) is 16.7 Å². The number of fused-ring (bicyclic) bond motifs is 8. The number of nitrogens with zero attached hydrogens (tertiary/aromatic N) is 1. The highest BCUT2D eigenvalue weighted by Crippen LogP contribution is 2.49. The molecule has 0 amide bonds. The number of ether oxygens (including phenoxy) is 1. The molecule has 0 saturated carbocycles. The van der Waals surface area contributed by atoms with Gasteiger partial charge in [0.05, 0.1) is 11.4 Å². The number of furan rings is 1. The van der Waals surface area contributed by atoms with Crippen LogP contribution in [0.1, 0.15) is 11.8 Å². The molecule has 4 nitrogen and oxygen atoms in total. The third-order valence-electron chi connectivity index (χ3n) is 10.9. The lowest BCUT2D eigenvalue weighted by atomic mass is 9.93. The third-order valence-corrected chi connectivity index (χ3v) is 10.9. The van der Waals surface area contributed by atoms with Crippen LogP contribution in [0.25, 0.3) is 65.7 Å². The van der Waals surface area contributed by atoms with Gasteiger partial charge in [-0.2, -0.15) is 0 Å². The van der Waals surface area contributed by atoms with Gasteiger partial charge in [0, 0.05) is 38.7 Å². The molecule has 1 aromatic heterocycles. The summed E-state index contributed by atoms with van der Waals surface area (Å²) in [4.78, 5) is 2.39. The molecule has 0 spiro atoms. The fourth-order valence-electron chi connectivity index (χ4n) is 8.31. The Labute approximate surface area is 318 Å². The number of rotatable bonds is 6. The molecule has 1 aliphatic heterocycles. The van der Waals surface area contributed by atoms with Gasteiger partial charge in [-0.15, -0.1) is 0 Å². The maximum atomic E-state index is 6.76. The maximum absolute atomic E-state index is 6.76. The van der Waals surface area contributed by atoms with Gasteiger partial charge in [-0.05, 0) is 81.4 Å². The van der Waals surface area contributed by atoms with E-state index in [9.17, 15) is 0 Å². The molecule has 0 aliphatic carbocycles. The van der Waals surface area contributed by atoms with Crippen molar-refractivity contribution in [3.05, 3.63) is 200 Å². The van der Waals surface area contributed by atoms with Crippen molar-refractivity contribution >= 4 is 66.2 Å². The molecule has 55 heavy (non-hydrogen) atoms. The smallest absolute Gasteiger partial charge is 0.196 e. The minimum absolute atomic E-state index is 0.259. The molecule has 0 radical (unpaired) electrons. The van der Waals surface area contributed by atoms with Crippen LogP contribution < -0.4 is 15.0 Å². The van der Waals surface area contributed by atoms with E-state index in [0.717, 1.165) is 83.1 Å².